The summed E-state index contributed by atoms with van der Waals surface area (Å²) in [7, 11) is 0. The zero-order chi connectivity index (χ0) is 16.3. The number of rotatable bonds is 4. The number of hydrogen-bond acceptors (Lipinski definition) is 4. The number of ketones is 2. The Morgan fingerprint density at radius 2 is 1.64 bits per heavy atom. The predicted octanol–water partition coefficient (Wildman–Crippen LogP) is 3.56. The molecule has 4 nitrogen and oxygen atoms in total. The van der Waals surface area contributed by atoms with Crippen LogP contribution in [0.5, 0.6) is 11.5 Å². The Bertz CT molecular complexity index is 773. The highest BCUT2D eigenvalue weighted by atomic mass is 16.3. The van der Waals surface area contributed by atoms with Gasteiger partial charge in [-0.25, -0.2) is 0 Å². The van der Waals surface area contributed by atoms with Gasteiger partial charge in [-0.2, -0.15) is 0 Å². The molecule has 0 aliphatic carbocycles. The van der Waals surface area contributed by atoms with E-state index in [0.29, 0.717) is 5.56 Å². The van der Waals surface area contributed by atoms with E-state index in [4.69, 9.17) is 0 Å². The molecular formula is C18H16O4. The fourth-order valence-electron chi connectivity index (χ4n) is 2.21. The van der Waals surface area contributed by atoms with Crippen LogP contribution in [-0.2, 0) is 0 Å². The van der Waals surface area contributed by atoms with Gasteiger partial charge in [-0.15, -0.1) is 0 Å². The van der Waals surface area contributed by atoms with Crippen molar-refractivity contribution in [1.82, 2.24) is 0 Å². The average Bonchev–Trinajstić information content (AvgIpc) is 2.48. The molecule has 0 aromatic heterocycles. The number of Topliss-reactive ketones (excluding diaryl/α,β-unsaturated/α-hetero) is 1. The Balaban J connectivity index is 2.64. The molecule has 0 saturated carbocycles. The molecule has 0 atom stereocenters. The van der Waals surface area contributed by atoms with Crippen LogP contribution in [-0.4, -0.2) is 21.8 Å². The van der Waals surface area contributed by atoms with Gasteiger partial charge in [0, 0.05) is 16.7 Å². The molecule has 112 valence electrons. The second-order valence-electron chi connectivity index (χ2n) is 4.86. The van der Waals surface area contributed by atoms with E-state index in [1.54, 1.807) is 31.2 Å². The number of benzene rings is 2. The van der Waals surface area contributed by atoms with Crippen LogP contribution in [0.2, 0.25) is 0 Å². The third-order valence-electron chi connectivity index (χ3n) is 3.29. The number of phenolic OH excluding ortho intramolecular Hbond substituents is 2. The molecule has 0 fully saturated rings. The van der Waals surface area contributed by atoms with Crippen LogP contribution >= 0.6 is 0 Å². The molecule has 0 aliphatic rings. The largest absolute Gasteiger partial charge is 0.507 e. The number of phenols is 2. The lowest BCUT2D eigenvalue weighted by Gasteiger charge is -2.10. The predicted molar refractivity (Wildman–Crippen MR) is 84.4 cm³/mol. The van der Waals surface area contributed by atoms with Crippen LogP contribution in [0.1, 0.15) is 45.7 Å². The standard InChI is InChI=1S/C18H16O4/c1-3-6-12-9-14(11(2)19)15(10-17(12)21)18(22)13-7-4-5-8-16(13)20/h3-10,20-21H,1-2H3/b6-3+. The molecule has 2 aromatic carbocycles. The van der Waals surface area contributed by atoms with Gasteiger partial charge in [0.1, 0.15) is 11.5 Å². The van der Waals surface area contributed by atoms with Crippen LogP contribution in [0, 0.1) is 0 Å². The number of carbonyl (C=O) groups is 2. The maximum absolute atomic E-state index is 12.6. The monoisotopic (exact) mass is 296 g/mol. The van der Waals surface area contributed by atoms with Gasteiger partial charge in [-0.05, 0) is 38.1 Å². The van der Waals surface area contributed by atoms with Crippen molar-refractivity contribution in [1.29, 1.82) is 0 Å². The third kappa shape index (κ3) is 2.91. The minimum atomic E-state index is -0.509. The zero-order valence-electron chi connectivity index (χ0n) is 12.3. The van der Waals surface area contributed by atoms with Gasteiger partial charge in [-0.1, -0.05) is 24.3 Å². The van der Waals surface area contributed by atoms with Crippen LogP contribution < -0.4 is 0 Å². The summed E-state index contributed by atoms with van der Waals surface area (Å²) in [6, 6.07) is 8.83. The molecule has 0 aliphatic heterocycles. The second kappa shape index (κ2) is 6.26. The molecule has 2 N–H and O–H groups in total. The lowest BCUT2D eigenvalue weighted by Crippen LogP contribution is -2.09. The van der Waals surface area contributed by atoms with Crippen molar-refractivity contribution >= 4 is 17.6 Å². The van der Waals surface area contributed by atoms with Crippen LogP contribution in [0.3, 0.4) is 0 Å². The first kappa shape index (κ1) is 15.5. The average molecular weight is 296 g/mol. The molecule has 0 bridgehead atoms. The van der Waals surface area contributed by atoms with Crippen molar-refractivity contribution < 1.29 is 19.8 Å². The summed E-state index contributed by atoms with van der Waals surface area (Å²) in [5.74, 6) is -1.06. The van der Waals surface area contributed by atoms with Crippen molar-refractivity contribution in [2.45, 2.75) is 13.8 Å². The van der Waals surface area contributed by atoms with E-state index in [2.05, 4.69) is 0 Å². The molecule has 0 amide bonds. The van der Waals surface area contributed by atoms with E-state index < -0.39 is 5.78 Å². The molecule has 4 heteroatoms. The van der Waals surface area contributed by atoms with Gasteiger partial charge < -0.3 is 10.2 Å². The van der Waals surface area contributed by atoms with Crippen LogP contribution in [0.15, 0.2) is 42.5 Å². The summed E-state index contributed by atoms with van der Waals surface area (Å²) < 4.78 is 0. The Morgan fingerprint density at radius 3 is 2.23 bits per heavy atom. The third-order valence-corrected chi connectivity index (χ3v) is 3.29. The zero-order valence-corrected chi connectivity index (χ0v) is 12.3. The first-order valence-electron chi connectivity index (χ1n) is 6.79. The van der Waals surface area contributed by atoms with E-state index in [0.717, 1.165) is 0 Å². The molecule has 0 heterocycles. The summed E-state index contributed by atoms with van der Waals surface area (Å²) in [6.45, 7) is 3.14. The number of allylic oxidation sites excluding steroid dienone is 1. The van der Waals surface area contributed by atoms with Crippen molar-refractivity contribution in [3.8, 4) is 11.5 Å². The van der Waals surface area contributed by atoms with Gasteiger partial charge in [0.2, 0.25) is 0 Å². The molecule has 2 rings (SSSR count). The Kier molecular flexibility index (Phi) is 4.41. The number of aromatic hydroxyl groups is 2. The molecule has 0 spiro atoms. The smallest absolute Gasteiger partial charge is 0.197 e. The first-order chi connectivity index (χ1) is 10.5. The van der Waals surface area contributed by atoms with E-state index in [1.165, 1.54) is 31.2 Å². The molecule has 2 aromatic rings. The first-order valence-corrected chi connectivity index (χ1v) is 6.79. The van der Waals surface area contributed by atoms with Crippen molar-refractivity contribution in [2.24, 2.45) is 0 Å². The minimum Gasteiger partial charge on any atom is -0.507 e. The summed E-state index contributed by atoms with van der Waals surface area (Å²) in [6.07, 6.45) is 3.37. The van der Waals surface area contributed by atoms with Gasteiger partial charge in [0.15, 0.2) is 11.6 Å². The normalized spacial score (nSPS) is 10.8. The van der Waals surface area contributed by atoms with E-state index in [1.807, 2.05) is 0 Å². The number of carbonyl (C=O) groups excluding carboxylic acids is 2. The molecule has 22 heavy (non-hydrogen) atoms. The van der Waals surface area contributed by atoms with Gasteiger partial charge in [0.05, 0.1) is 5.56 Å². The van der Waals surface area contributed by atoms with Crippen LogP contribution in [0.25, 0.3) is 6.08 Å². The van der Waals surface area contributed by atoms with E-state index in [-0.39, 0.29) is 34.0 Å². The van der Waals surface area contributed by atoms with Gasteiger partial charge in [0.25, 0.3) is 0 Å². The maximum atomic E-state index is 12.6. The van der Waals surface area contributed by atoms with Crippen molar-refractivity contribution in [3.63, 3.8) is 0 Å². The van der Waals surface area contributed by atoms with E-state index >= 15 is 0 Å². The molecule has 0 radical (unpaired) electrons. The fourth-order valence-corrected chi connectivity index (χ4v) is 2.21. The Hall–Kier alpha value is -2.88. The highest BCUT2D eigenvalue weighted by Gasteiger charge is 2.20. The summed E-state index contributed by atoms with van der Waals surface area (Å²) in [5.41, 5.74) is 0.823. The Labute approximate surface area is 128 Å². The molecular weight excluding hydrogens is 280 g/mol. The highest BCUT2D eigenvalue weighted by molar-refractivity contribution is 6.16. The van der Waals surface area contributed by atoms with Crippen molar-refractivity contribution in [3.05, 3.63) is 64.7 Å². The molecule has 0 saturated heterocycles. The number of hydrogen-bond donors (Lipinski definition) is 2. The molecule has 0 unspecified atom stereocenters. The highest BCUT2D eigenvalue weighted by Crippen LogP contribution is 2.28. The Morgan fingerprint density at radius 1 is 0.955 bits per heavy atom. The lowest BCUT2D eigenvalue weighted by molar-refractivity contribution is 0.0989. The quantitative estimate of drug-likeness (QED) is 0.846. The lowest BCUT2D eigenvalue weighted by atomic mass is 9.93. The summed E-state index contributed by atoms with van der Waals surface area (Å²) in [5, 5.41) is 19.8. The fraction of sp³-hybridized carbons (Fsp3) is 0.111. The second-order valence-corrected chi connectivity index (χ2v) is 4.86. The topological polar surface area (TPSA) is 74.6 Å². The van der Waals surface area contributed by atoms with Crippen LogP contribution in [0.4, 0.5) is 0 Å². The summed E-state index contributed by atoms with van der Waals surface area (Å²) >= 11 is 0. The SMILES string of the molecule is C/C=C/c1cc(C(C)=O)c(C(=O)c2ccccc2O)cc1O. The summed E-state index contributed by atoms with van der Waals surface area (Å²) in [4.78, 5) is 24.4. The van der Waals surface area contributed by atoms with Gasteiger partial charge in [-0.3, -0.25) is 9.59 Å². The van der Waals surface area contributed by atoms with Gasteiger partial charge >= 0.3 is 0 Å². The van der Waals surface area contributed by atoms with E-state index in [9.17, 15) is 19.8 Å². The minimum absolute atomic E-state index is 0.0692. The number of para-hydroxylation sites is 1. The maximum Gasteiger partial charge on any atom is 0.197 e. The van der Waals surface area contributed by atoms with Crippen molar-refractivity contribution in [2.75, 3.05) is 0 Å².